The molecule has 1 aliphatic carbocycles. The van der Waals surface area contributed by atoms with E-state index in [2.05, 4.69) is 12.2 Å². The highest BCUT2D eigenvalue weighted by Crippen LogP contribution is 2.36. The summed E-state index contributed by atoms with van der Waals surface area (Å²) in [7, 11) is 1.66. The molecule has 1 saturated carbocycles. The van der Waals surface area contributed by atoms with Crippen LogP contribution in [0.1, 0.15) is 57.4 Å². The Morgan fingerprint density at radius 3 is 2.55 bits per heavy atom. The molecule has 2 rings (SSSR count). The molecule has 1 aromatic rings. The molecule has 124 valence electrons. The van der Waals surface area contributed by atoms with Crippen molar-refractivity contribution in [1.29, 1.82) is 0 Å². The Morgan fingerprint density at radius 2 is 1.91 bits per heavy atom. The van der Waals surface area contributed by atoms with Crippen molar-refractivity contribution >= 4 is 11.6 Å². The van der Waals surface area contributed by atoms with Gasteiger partial charge in [0.25, 0.3) is 0 Å². The Labute approximate surface area is 139 Å². The summed E-state index contributed by atoms with van der Waals surface area (Å²) in [6.07, 6.45) is 8.94. The second-order valence-electron chi connectivity index (χ2n) is 6.03. The number of ether oxygens (including phenoxy) is 2. The lowest BCUT2D eigenvalue weighted by Gasteiger charge is -2.18. The van der Waals surface area contributed by atoms with Crippen LogP contribution in [0.5, 0.6) is 11.5 Å². The van der Waals surface area contributed by atoms with E-state index < -0.39 is 0 Å². The molecule has 3 nitrogen and oxygen atoms in total. The van der Waals surface area contributed by atoms with Gasteiger partial charge in [-0.2, -0.15) is 0 Å². The third-order valence-electron chi connectivity index (χ3n) is 4.19. The third kappa shape index (κ3) is 5.06. The minimum absolute atomic E-state index is 0.628. The highest BCUT2D eigenvalue weighted by Gasteiger charge is 2.14. The third-order valence-corrected chi connectivity index (χ3v) is 4.47. The van der Waals surface area contributed by atoms with Gasteiger partial charge < -0.3 is 14.8 Å². The number of hydrogen-bond acceptors (Lipinski definition) is 3. The maximum Gasteiger partial charge on any atom is 0.179 e. The van der Waals surface area contributed by atoms with E-state index in [4.69, 9.17) is 21.1 Å². The molecule has 0 radical (unpaired) electrons. The van der Waals surface area contributed by atoms with Gasteiger partial charge in [0.15, 0.2) is 11.5 Å². The average Bonchev–Trinajstić information content (AvgIpc) is 2.80. The molecule has 0 heterocycles. The topological polar surface area (TPSA) is 30.5 Å². The first kappa shape index (κ1) is 17.4. The average molecular weight is 326 g/mol. The van der Waals surface area contributed by atoms with E-state index in [1.54, 1.807) is 7.11 Å². The minimum Gasteiger partial charge on any atom is -0.493 e. The molecule has 0 bridgehead atoms. The van der Waals surface area contributed by atoms with E-state index in [0.29, 0.717) is 23.4 Å². The molecule has 0 aromatic heterocycles. The Bertz CT molecular complexity index is 457. The molecule has 4 heteroatoms. The molecule has 1 aromatic carbocycles. The maximum atomic E-state index is 6.36. The summed E-state index contributed by atoms with van der Waals surface area (Å²) in [5.74, 6) is 1.38. The highest BCUT2D eigenvalue weighted by atomic mass is 35.5. The van der Waals surface area contributed by atoms with Crippen LogP contribution in [0.2, 0.25) is 5.02 Å². The number of nitrogens with one attached hydrogen (secondary N) is 1. The summed E-state index contributed by atoms with van der Waals surface area (Å²) in [5, 5.41) is 4.29. The van der Waals surface area contributed by atoms with Crippen LogP contribution in [0.15, 0.2) is 12.1 Å². The molecule has 0 spiro atoms. The van der Waals surface area contributed by atoms with Crippen LogP contribution in [-0.2, 0) is 6.54 Å². The first-order chi connectivity index (χ1) is 10.7. The van der Waals surface area contributed by atoms with Crippen molar-refractivity contribution < 1.29 is 9.47 Å². The van der Waals surface area contributed by atoms with E-state index in [-0.39, 0.29) is 0 Å². The zero-order chi connectivity index (χ0) is 15.8. The lowest BCUT2D eigenvalue weighted by Crippen LogP contribution is -2.27. The number of benzene rings is 1. The van der Waals surface area contributed by atoms with E-state index in [9.17, 15) is 0 Å². The molecule has 1 aliphatic rings. The van der Waals surface area contributed by atoms with Crippen molar-refractivity contribution in [3.8, 4) is 11.5 Å². The molecule has 0 unspecified atom stereocenters. The molecule has 1 N–H and O–H groups in total. The SMILES string of the molecule is CCCOc1c(Cl)cc(CNC2CCCCCC2)cc1OC. The fraction of sp³-hybridized carbons (Fsp3) is 0.667. The fourth-order valence-electron chi connectivity index (χ4n) is 2.97. The molecule has 0 aliphatic heterocycles. The summed E-state index contributed by atoms with van der Waals surface area (Å²) in [4.78, 5) is 0. The van der Waals surface area contributed by atoms with Crippen molar-refractivity contribution in [2.45, 2.75) is 64.5 Å². The summed E-state index contributed by atoms with van der Waals surface area (Å²) < 4.78 is 11.1. The van der Waals surface area contributed by atoms with Crippen LogP contribution in [-0.4, -0.2) is 19.8 Å². The Balaban J connectivity index is 1.99. The highest BCUT2D eigenvalue weighted by molar-refractivity contribution is 6.32. The van der Waals surface area contributed by atoms with Gasteiger partial charge >= 0.3 is 0 Å². The zero-order valence-electron chi connectivity index (χ0n) is 13.8. The van der Waals surface area contributed by atoms with Gasteiger partial charge in [-0.05, 0) is 37.0 Å². The predicted octanol–water partition coefficient (Wildman–Crippen LogP) is 4.95. The summed E-state index contributed by atoms with van der Waals surface area (Å²) in [5.41, 5.74) is 1.15. The lowest BCUT2D eigenvalue weighted by molar-refractivity contribution is 0.294. The van der Waals surface area contributed by atoms with Gasteiger partial charge in [-0.15, -0.1) is 0 Å². The smallest absolute Gasteiger partial charge is 0.179 e. The quantitative estimate of drug-likeness (QED) is 0.719. The van der Waals surface area contributed by atoms with Crippen molar-refractivity contribution in [2.24, 2.45) is 0 Å². The van der Waals surface area contributed by atoms with Gasteiger partial charge in [0.2, 0.25) is 0 Å². The van der Waals surface area contributed by atoms with Crippen LogP contribution in [0, 0.1) is 0 Å². The van der Waals surface area contributed by atoms with Crippen molar-refractivity contribution in [3.63, 3.8) is 0 Å². The van der Waals surface area contributed by atoms with Gasteiger partial charge in [-0.1, -0.05) is 44.2 Å². The van der Waals surface area contributed by atoms with E-state index >= 15 is 0 Å². The van der Waals surface area contributed by atoms with Gasteiger partial charge in [0.1, 0.15) is 0 Å². The number of rotatable bonds is 7. The maximum absolute atomic E-state index is 6.36. The van der Waals surface area contributed by atoms with E-state index in [1.807, 2.05) is 12.1 Å². The van der Waals surface area contributed by atoms with Gasteiger partial charge in [-0.25, -0.2) is 0 Å². The molecule has 0 atom stereocenters. The second kappa shape index (κ2) is 9.26. The zero-order valence-corrected chi connectivity index (χ0v) is 14.5. The summed E-state index contributed by atoms with van der Waals surface area (Å²) in [6, 6.07) is 4.64. The van der Waals surface area contributed by atoms with Gasteiger partial charge in [0, 0.05) is 12.6 Å². The summed E-state index contributed by atoms with van der Waals surface area (Å²) in [6.45, 7) is 3.55. The van der Waals surface area contributed by atoms with Crippen LogP contribution in [0.3, 0.4) is 0 Å². The van der Waals surface area contributed by atoms with Crippen LogP contribution >= 0.6 is 11.6 Å². The lowest BCUT2D eigenvalue weighted by atomic mass is 10.1. The van der Waals surface area contributed by atoms with Crippen LogP contribution < -0.4 is 14.8 Å². The van der Waals surface area contributed by atoms with Crippen molar-refractivity contribution in [1.82, 2.24) is 5.32 Å². The largest absolute Gasteiger partial charge is 0.493 e. The van der Waals surface area contributed by atoms with Gasteiger partial charge in [0.05, 0.1) is 18.7 Å². The fourth-order valence-corrected chi connectivity index (χ4v) is 3.25. The Hall–Kier alpha value is -0.930. The van der Waals surface area contributed by atoms with E-state index in [0.717, 1.165) is 24.3 Å². The van der Waals surface area contributed by atoms with Crippen molar-refractivity contribution in [2.75, 3.05) is 13.7 Å². The monoisotopic (exact) mass is 325 g/mol. The number of methoxy groups -OCH3 is 1. The number of hydrogen-bond donors (Lipinski definition) is 1. The van der Waals surface area contributed by atoms with E-state index in [1.165, 1.54) is 38.5 Å². The molecule has 0 amide bonds. The Morgan fingerprint density at radius 1 is 1.18 bits per heavy atom. The van der Waals surface area contributed by atoms with Crippen LogP contribution in [0.4, 0.5) is 0 Å². The molecule has 1 fully saturated rings. The summed E-state index contributed by atoms with van der Waals surface area (Å²) >= 11 is 6.36. The molecular formula is C18H28ClNO2. The van der Waals surface area contributed by atoms with Gasteiger partial charge in [-0.3, -0.25) is 0 Å². The van der Waals surface area contributed by atoms with Crippen LogP contribution in [0.25, 0.3) is 0 Å². The normalized spacial score (nSPS) is 16.3. The molecule has 22 heavy (non-hydrogen) atoms. The first-order valence-electron chi connectivity index (χ1n) is 8.47. The van der Waals surface area contributed by atoms with Crippen molar-refractivity contribution in [3.05, 3.63) is 22.7 Å². The molecule has 0 saturated heterocycles. The number of halogens is 1. The molecular weight excluding hydrogens is 298 g/mol. The standard InChI is InChI=1S/C18H28ClNO2/c1-3-10-22-18-16(19)11-14(12-17(18)21-2)13-20-15-8-6-4-5-7-9-15/h11-12,15,20H,3-10,13H2,1-2H3. The Kier molecular flexibility index (Phi) is 7.34. The predicted molar refractivity (Wildman–Crippen MR) is 92.1 cm³/mol. The minimum atomic E-state index is 0.628. The second-order valence-corrected chi connectivity index (χ2v) is 6.43. The first-order valence-corrected chi connectivity index (χ1v) is 8.85.